The molecule has 114 valence electrons. The normalized spacial score (nSPS) is 12.0. The molecule has 0 aliphatic rings. The summed E-state index contributed by atoms with van der Waals surface area (Å²) in [5, 5.41) is 3.88. The van der Waals surface area contributed by atoms with Gasteiger partial charge in [-0.3, -0.25) is 0 Å². The fraction of sp³-hybridized carbons (Fsp3) is 0.286. The topological polar surface area (TPSA) is 63.4 Å². The lowest BCUT2D eigenvalue weighted by atomic mass is 10.1. The molecule has 21 heavy (non-hydrogen) atoms. The molecule has 0 aliphatic carbocycles. The van der Waals surface area contributed by atoms with Gasteiger partial charge in [0.05, 0.1) is 4.90 Å². The minimum absolute atomic E-state index is 0.265. The second-order valence-corrected chi connectivity index (χ2v) is 8.41. The molecule has 1 aromatic carbocycles. The van der Waals surface area contributed by atoms with E-state index in [1.54, 1.807) is 24.5 Å². The monoisotopic (exact) mass is 388 g/mol. The highest BCUT2D eigenvalue weighted by Crippen LogP contribution is 2.29. The van der Waals surface area contributed by atoms with Crippen LogP contribution in [0.5, 0.6) is 0 Å². The number of nitrogens with two attached hydrogens (primary N) is 1. The van der Waals surface area contributed by atoms with Gasteiger partial charge in [0.25, 0.3) is 0 Å². The standard InChI is InChI=1S/C14H17BrN2O2S2/c1-10-5-12(7-16)6-13(14(10)15)21(18,19)17(2)8-11-3-4-20-9-11/h3-6,9H,7-8,16H2,1-2H3. The van der Waals surface area contributed by atoms with Crippen molar-refractivity contribution in [2.45, 2.75) is 24.9 Å². The molecule has 0 fully saturated rings. The van der Waals surface area contributed by atoms with Gasteiger partial charge in [0.1, 0.15) is 0 Å². The highest BCUT2D eigenvalue weighted by molar-refractivity contribution is 9.10. The minimum atomic E-state index is -3.57. The first-order valence-electron chi connectivity index (χ1n) is 6.32. The fourth-order valence-electron chi connectivity index (χ4n) is 2.01. The van der Waals surface area contributed by atoms with E-state index in [0.29, 0.717) is 17.6 Å². The van der Waals surface area contributed by atoms with Crippen LogP contribution in [0.4, 0.5) is 0 Å². The average molecular weight is 389 g/mol. The highest BCUT2D eigenvalue weighted by Gasteiger charge is 2.25. The fourth-order valence-corrected chi connectivity index (χ4v) is 4.85. The Morgan fingerprint density at radius 3 is 2.62 bits per heavy atom. The zero-order valence-electron chi connectivity index (χ0n) is 11.8. The van der Waals surface area contributed by atoms with Crippen LogP contribution < -0.4 is 5.73 Å². The van der Waals surface area contributed by atoms with Crippen LogP contribution in [-0.2, 0) is 23.1 Å². The van der Waals surface area contributed by atoms with E-state index in [9.17, 15) is 8.42 Å². The van der Waals surface area contributed by atoms with E-state index in [0.717, 1.165) is 16.7 Å². The van der Waals surface area contributed by atoms with Gasteiger partial charge >= 0.3 is 0 Å². The van der Waals surface area contributed by atoms with Crippen molar-refractivity contribution in [3.8, 4) is 0 Å². The molecule has 0 saturated carbocycles. The summed E-state index contributed by atoms with van der Waals surface area (Å²) in [6, 6.07) is 5.45. The van der Waals surface area contributed by atoms with Crippen molar-refractivity contribution in [2.75, 3.05) is 7.05 Å². The predicted octanol–water partition coefficient (Wildman–Crippen LogP) is 3.10. The summed E-state index contributed by atoms with van der Waals surface area (Å²) in [6.45, 7) is 2.52. The molecule has 0 spiro atoms. The van der Waals surface area contributed by atoms with Gasteiger partial charge in [0.2, 0.25) is 10.0 Å². The lowest BCUT2D eigenvalue weighted by molar-refractivity contribution is 0.466. The molecule has 2 N–H and O–H groups in total. The van der Waals surface area contributed by atoms with Gasteiger partial charge in [-0.1, -0.05) is 6.07 Å². The maximum atomic E-state index is 12.8. The van der Waals surface area contributed by atoms with Gasteiger partial charge in [0, 0.05) is 24.6 Å². The van der Waals surface area contributed by atoms with Crippen molar-refractivity contribution < 1.29 is 8.42 Å². The number of nitrogens with zero attached hydrogens (tertiary/aromatic N) is 1. The molecule has 7 heteroatoms. The second kappa shape index (κ2) is 6.58. The van der Waals surface area contributed by atoms with Gasteiger partial charge in [-0.15, -0.1) is 0 Å². The molecule has 2 rings (SSSR count). The zero-order valence-corrected chi connectivity index (χ0v) is 15.1. The van der Waals surface area contributed by atoms with Crippen molar-refractivity contribution in [2.24, 2.45) is 5.73 Å². The van der Waals surface area contributed by atoms with Gasteiger partial charge in [0.15, 0.2) is 0 Å². The summed E-state index contributed by atoms with van der Waals surface area (Å²) in [7, 11) is -1.98. The molecule has 0 bridgehead atoms. The smallest absolute Gasteiger partial charge is 0.244 e. The number of hydrogen-bond acceptors (Lipinski definition) is 4. The lowest BCUT2D eigenvalue weighted by Gasteiger charge is -2.19. The molecule has 0 amide bonds. The molecule has 1 heterocycles. The first-order chi connectivity index (χ1) is 9.86. The number of halogens is 1. The van der Waals surface area contributed by atoms with E-state index < -0.39 is 10.0 Å². The van der Waals surface area contributed by atoms with Gasteiger partial charge < -0.3 is 5.73 Å². The molecule has 0 saturated heterocycles. The van der Waals surface area contributed by atoms with E-state index in [-0.39, 0.29) is 4.90 Å². The van der Waals surface area contributed by atoms with Crippen molar-refractivity contribution in [3.05, 3.63) is 50.1 Å². The first-order valence-corrected chi connectivity index (χ1v) is 9.50. The molecule has 0 atom stereocenters. The Balaban J connectivity index is 2.41. The molecule has 1 aromatic heterocycles. The predicted molar refractivity (Wildman–Crippen MR) is 89.7 cm³/mol. The van der Waals surface area contributed by atoms with Crippen LogP contribution in [0, 0.1) is 6.92 Å². The van der Waals surface area contributed by atoms with E-state index in [4.69, 9.17) is 5.73 Å². The third-order valence-electron chi connectivity index (χ3n) is 3.19. The molecule has 2 aromatic rings. The summed E-state index contributed by atoms with van der Waals surface area (Å²) in [6.07, 6.45) is 0. The summed E-state index contributed by atoms with van der Waals surface area (Å²) < 4.78 is 27.5. The highest BCUT2D eigenvalue weighted by atomic mass is 79.9. The van der Waals surface area contributed by atoms with Crippen molar-refractivity contribution in [1.82, 2.24) is 4.31 Å². The Labute approximate surface area is 137 Å². The summed E-state index contributed by atoms with van der Waals surface area (Å²) >= 11 is 4.93. The molecule has 0 radical (unpaired) electrons. The third-order valence-corrected chi connectivity index (χ3v) is 7.06. The zero-order chi connectivity index (χ0) is 15.6. The van der Waals surface area contributed by atoms with Crippen LogP contribution in [0.2, 0.25) is 0 Å². The number of hydrogen-bond donors (Lipinski definition) is 1. The Morgan fingerprint density at radius 1 is 1.33 bits per heavy atom. The molecular formula is C14H17BrN2O2S2. The van der Waals surface area contributed by atoms with E-state index in [2.05, 4.69) is 15.9 Å². The van der Waals surface area contributed by atoms with E-state index >= 15 is 0 Å². The molecule has 4 nitrogen and oxygen atoms in total. The Bertz CT molecular complexity index is 728. The SMILES string of the molecule is Cc1cc(CN)cc(S(=O)(=O)N(C)Cc2ccsc2)c1Br. The summed E-state index contributed by atoms with van der Waals surface area (Å²) in [5.74, 6) is 0. The van der Waals surface area contributed by atoms with Crippen LogP contribution in [-0.4, -0.2) is 19.8 Å². The maximum absolute atomic E-state index is 12.8. The summed E-state index contributed by atoms with van der Waals surface area (Å²) in [5.41, 5.74) is 8.29. The van der Waals surface area contributed by atoms with Crippen LogP contribution in [0.25, 0.3) is 0 Å². The van der Waals surface area contributed by atoms with Crippen LogP contribution in [0.15, 0.2) is 38.3 Å². The number of sulfonamides is 1. The quantitative estimate of drug-likeness (QED) is 0.855. The maximum Gasteiger partial charge on any atom is 0.244 e. The van der Waals surface area contributed by atoms with Crippen molar-refractivity contribution in [1.29, 1.82) is 0 Å². The van der Waals surface area contributed by atoms with Gasteiger partial charge in [-0.25, -0.2) is 8.42 Å². The minimum Gasteiger partial charge on any atom is -0.326 e. The van der Waals surface area contributed by atoms with Crippen molar-refractivity contribution >= 4 is 37.3 Å². The molecular weight excluding hydrogens is 372 g/mol. The Kier molecular flexibility index (Phi) is 5.21. The first kappa shape index (κ1) is 16.6. The van der Waals surface area contributed by atoms with Crippen LogP contribution in [0.1, 0.15) is 16.7 Å². The second-order valence-electron chi connectivity index (χ2n) is 4.82. The largest absolute Gasteiger partial charge is 0.326 e. The number of aryl methyl sites for hydroxylation is 1. The average Bonchev–Trinajstić information content (AvgIpc) is 2.94. The van der Waals surface area contributed by atoms with Gasteiger partial charge in [-0.2, -0.15) is 15.6 Å². The Morgan fingerprint density at radius 2 is 2.05 bits per heavy atom. The van der Waals surface area contributed by atoms with Crippen LogP contribution in [0.3, 0.4) is 0 Å². The molecule has 0 aliphatic heterocycles. The number of rotatable bonds is 5. The number of thiophene rings is 1. The Hall–Kier alpha value is -0.730. The van der Waals surface area contributed by atoms with E-state index in [1.807, 2.05) is 29.8 Å². The summed E-state index contributed by atoms with van der Waals surface area (Å²) in [4.78, 5) is 0.265. The lowest BCUT2D eigenvalue weighted by Crippen LogP contribution is -2.27. The van der Waals surface area contributed by atoms with E-state index in [1.165, 1.54) is 4.31 Å². The van der Waals surface area contributed by atoms with Gasteiger partial charge in [-0.05, 0) is 62.4 Å². The van der Waals surface area contributed by atoms with Crippen molar-refractivity contribution in [3.63, 3.8) is 0 Å². The molecule has 0 unspecified atom stereocenters. The van der Waals surface area contributed by atoms with Crippen LogP contribution >= 0.6 is 27.3 Å². The number of benzene rings is 1. The third kappa shape index (κ3) is 3.54.